The summed E-state index contributed by atoms with van der Waals surface area (Å²) >= 11 is 0. The van der Waals surface area contributed by atoms with Gasteiger partial charge in [0.2, 0.25) is 0 Å². The molecule has 0 spiro atoms. The lowest BCUT2D eigenvalue weighted by Crippen LogP contribution is -2.07. The molecule has 414 valence electrons. The van der Waals surface area contributed by atoms with E-state index in [1.165, 1.54) is 11.1 Å². The van der Waals surface area contributed by atoms with Crippen LogP contribution in [0.5, 0.6) is 11.5 Å². The second-order valence-corrected chi connectivity index (χ2v) is 20.3. The van der Waals surface area contributed by atoms with E-state index < -0.39 is 5.97 Å². The lowest BCUT2D eigenvalue weighted by Gasteiger charge is -2.13. The van der Waals surface area contributed by atoms with Crippen LogP contribution in [-0.4, -0.2) is 59.7 Å². The van der Waals surface area contributed by atoms with Crippen LogP contribution in [0.1, 0.15) is 68.7 Å². The SMILES string of the molecule is C=C(C)C(=O)OCCCc1ccc(-c2cc(-c3ccc(CCCOC(=O)C(=C)C)cc3)cc(-c3ccc(OC(=O)C(=C)C)cc3)c2)cc1.OCCCc1ccc(-c2cc(-c3ccc(O)cc3)cc(-c3ccc(CCCO)cc3)c2)cc1. The molecule has 0 atom stereocenters. The van der Waals surface area contributed by atoms with Gasteiger partial charge in [-0.2, -0.15) is 0 Å². The molecule has 8 rings (SSSR count). The lowest BCUT2D eigenvalue weighted by atomic mass is 9.92. The highest BCUT2D eigenvalue weighted by atomic mass is 16.5. The summed E-state index contributed by atoms with van der Waals surface area (Å²) in [5.41, 5.74) is 18.9. The van der Waals surface area contributed by atoms with Crippen molar-refractivity contribution in [2.75, 3.05) is 26.4 Å². The van der Waals surface area contributed by atoms with Crippen LogP contribution in [0.3, 0.4) is 0 Å². The first-order valence-electron chi connectivity index (χ1n) is 27.5. The van der Waals surface area contributed by atoms with Gasteiger partial charge in [-0.1, -0.05) is 141 Å². The van der Waals surface area contributed by atoms with Crippen LogP contribution in [0.15, 0.2) is 218 Å². The second kappa shape index (κ2) is 29.9. The molecule has 0 heterocycles. The number of aryl methyl sites for hydroxylation is 4. The normalized spacial score (nSPS) is 10.7. The number of benzene rings is 8. The summed E-state index contributed by atoms with van der Waals surface area (Å²) in [7, 11) is 0. The van der Waals surface area contributed by atoms with E-state index in [9.17, 15) is 19.5 Å². The number of carbonyl (C=O) groups excluding carboxylic acids is 3. The van der Waals surface area contributed by atoms with Crippen molar-refractivity contribution in [3.63, 3.8) is 0 Å². The molecule has 0 unspecified atom stereocenters. The summed E-state index contributed by atoms with van der Waals surface area (Å²) in [4.78, 5) is 35.3. The number of hydrogen-bond acceptors (Lipinski definition) is 9. The quantitative estimate of drug-likeness (QED) is 0.0234. The van der Waals surface area contributed by atoms with E-state index in [-0.39, 0.29) is 30.9 Å². The first-order chi connectivity index (χ1) is 39.2. The Bertz CT molecular complexity index is 3240. The molecule has 0 aliphatic carbocycles. The van der Waals surface area contributed by atoms with Crippen LogP contribution in [-0.2, 0) is 49.5 Å². The molecule has 0 saturated heterocycles. The summed E-state index contributed by atoms with van der Waals surface area (Å²) in [6, 6.07) is 61.8. The molecule has 0 saturated carbocycles. The molecule has 0 aliphatic heterocycles. The Hall–Kier alpha value is -8.89. The van der Waals surface area contributed by atoms with Crippen LogP contribution in [0.2, 0.25) is 0 Å². The standard InChI is InChI=1S/C42H42O6.C30H30O3/c1-28(2)40(43)46-23-7-9-31-11-15-33(16-12-31)36-25-37(34-17-13-32(14-18-34)10-8-24-47-41(44)29(3)4)27-38(26-36)35-19-21-39(22-20-35)48-42(45)30(5)6;31-17-1-3-22-5-9-24(10-6-22)27-19-28(25-11-7-23(8-12-25)4-2-18-32)21-29(20-27)26-13-15-30(33)16-14-26/h11-22,25-27H,1,3,5,7-10,23-24H2,2,4,6H3;5-16,19-21,31-33H,1-4,17-18H2. The Morgan fingerprint density at radius 2 is 0.593 bits per heavy atom. The number of rotatable bonds is 24. The van der Waals surface area contributed by atoms with Crippen molar-refractivity contribution in [2.24, 2.45) is 0 Å². The van der Waals surface area contributed by atoms with Crippen LogP contribution in [0.4, 0.5) is 0 Å². The summed E-state index contributed by atoms with van der Waals surface area (Å²) in [6.45, 7) is 16.9. The van der Waals surface area contributed by atoms with E-state index in [2.05, 4.69) is 153 Å². The van der Waals surface area contributed by atoms with Crippen LogP contribution in [0.25, 0.3) is 66.8 Å². The molecular formula is C72H72O9. The zero-order chi connectivity index (χ0) is 57.7. The van der Waals surface area contributed by atoms with Gasteiger partial charge in [0, 0.05) is 29.9 Å². The van der Waals surface area contributed by atoms with E-state index in [0.717, 1.165) is 129 Å². The van der Waals surface area contributed by atoms with Gasteiger partial charge >= 0.3 is 17.9 Å². The Morgan fingerprint density at radius 3 is 0.852 bits per heavy atom. The third-order valence-corrected chi connectivity index (χ3v) is 13.6. The number of aliphatic hydroxyl groups excluding tert-OH is 2. The fourth-order valence-corrected chi connectivity index (χ4v) is 8.97. The molecule has 81 heavy (non-hydrogen) atoms. The number of carbonyl (C=O) groups is 3. The largest absolute Gasteiger partial charge is 0.508 e. The summed E-state index contributed by atoms with van der Waals surface area (Å²) < 4.78 is 15.8. The Morgan fingerprint density at radius 1 is 0.346 bits per heavy atom. The summed E-state index contributed by atoms with van der Waals surface area (Å²) in [6.07, 6.45) is 6.33. The Balaban J connectivity index is 0.000000250. The number of hydrogen-bond donors (Lipinski definition) is 3. The minimum absolute atomic E-state index is 0.207. The first-order valence-corrected chi connectivity index (χ1v) is 27.5. The number of ether oxygens (including phenoxy) is 3. The molecule has 0 fully saturated rings. The minimum atomic E-state index is -0.459. The molecule has 8 aromatic rings. The van der Waals surface area contributed by atoms with E-state index in [4.69, 9.17) is 24.4 Å². The van der Waals surface area contributed by atoms with Gasteiger partial charge in [0.15, 0.2) is 0 Å². The minimum Gasteiger partial charge on any atom is -0.508 e. The maximum atomic E-state index is 12.0. The number of esters is 3. The summed E-state index contributed by atoms with van der Waals surface area (Å²) in [5, 5.41) is 27.9. The first kappa shape index (κ1) is 59.8. The van der Waals surface area contributed by atoms with Crippen molar-refractivity contribution in [1.82, 2.24) is 0 Å². The average Bonchev–Trinajstić information content (AvgIpc) is 3.53. The van der Waals surface area contributed by atoms with Crippen molar-refractivity contribution >= 4 is 17.9 Å². The van der Waals surface area contributed by atoms with Gasteiger partial charge in [-0.3, -0.25) is 0 Å². The molecular weight excluding hydrogens is 1010 g/mol. The molecule has 9 nitrogen and oxygen atoms in total. The molecule has 0 radical (unpaired) electrons. The zero-order valence-corrected chi connectivity index (χ0v) is 46.7. The third kappa shape index (κ3) is 18.1. The van der Waals surface area contributed by atoms with Gasteiger partial charge in [0.1, 0.15) is 11.5 Å². The van der Waals surface area contributed by atoms with E-state index in [1.54, 1.807) is 45.0 Å². The zero-order valence-electron chi connectivity index (χ0n) is 46.7. The molecule has 0 aliphatic rings. The van der Waals surface area contributed by atoms with Crippen molar-refractivity contribution in [3.05, 3.63) is 241 Å². The highest BCUT2D eigenvalue weighted by molar-refractivity contribution is 5.89. The summed E-state index contributed by atoms with van der Waals surface area (Å²) in [5.74, 6) is -0.468. The number of aromatic hydroxyl groups is 1. The van der Waals surface area contributed by atoms with Gasteiger partial charge in [0.05, 0.1) is 13.2 Å². The third-order valence-electron chi connectivity index (χ3n) is 13.6. The van der Waals surface area contributed by atoms with Gasteiger partial charge in [-0.15, -0.1) is 0 Å². The second-order valence-electron chi connectivity index (χ2n) is 20.3. The fourth-order valence-electron chi connectivity index (χ4n) is 8.97. The number of phenols is 1. The average molecular weight is 1080 g/mol. The van der Waals surface area contributed by atoms with Crippen LogP contribution < -0.4 is 4.74 Å². The van der Waals surface area contributed by atoms with Crippen molar-refractivity contribution in [3.8, 4) is 78.3 Å². The van der Waals surface area contributed by atoms with Gasteiger partial charge in [-0.25, -0.2) is 14.4 Å². The number of phenolic OH excluding ortho intramolecular Hbond substituents is 1. The lowest BCUT2D eigenvalue weighted by molar-refractivity contribution is -0.139. The van der Waals surface area contributed by atoms with Gasteiger partial charge < -0.3 is 29.5 Å². The highest BCUT2D eigenvalue weighted by Gasteiger charge is 2.13. The Kier molecular flexibility index (Phi) is 22.1. The Labute approximate surface area is 477 Å². The van der Waals surface area contributed by atoms with Crippen molar-refractivity contribution < 1.29 is 43.9 Å². The maximum Gasteiger partial charge on any atom is 0.338 e. The highest BCUT2D eigenvalue weighted by Crippen LogP contribution is 2.36. The monoisotopic (exact) mass is 1080 g/mol. The smallest absolute Gasteiger partial charge is 0.338 e. The van der Waals surface area contributed by atoms with Crippen molar-refractivity contribution in [2.45, 2.75) is 72.1 Å². The molecule has 0 aromatic heterocycles. The van der Waals surface area contributed by atoms with Crippen molar-refractivity contribution in [1.29, 1.82) is 0 Å². The van der Waals surface area contributed by atoms with Crippen LogP contribution in [0, 0.1) is 0 Å². The van der Waals surface area contributed by atoms with Gasteiger partial charge in [0.25, 0.3) is 0 Å². The van der Waals surface area contributed by atoms with E-state index in [0.29, 0.717) is 35.7 Å². The molecule has 0 amide bonds. The predicted octanol–water partition coefficient (Wildman–Crippen LogP) is 15.5. The maximum absolute atomic E-state index is 12.0. The molecule has 8 aromatic carbocycles. The van der Waals surface area contributed by atoms with Gasteiger partial charge in [-0.05, 0) is 222 Å². The van der Waals surface area contributed by atoms with E-state index >= 15 is 0 Å². The molecule has 0 bridgehead atoms. The molecule has 9 heteroatoms. The topological polar surface area (TPSA) is 140 Å². The van der Waals surface area contributed by atoms with Crippen LogP contribution >= 0.6 is 0 Å². The predicted molar refractivity (Wildman–Crippen MR) is 327 cm³/mol. The fraction of sp³-hybridized carbons (Fsp3) is 0.208. The molecule has 3 N–H and O–H groups in total. The van der Waals surface area contributed by atoms with E-state index in [1.807, 2.05) is 24.3 Å². The number of aliphatic hydroxyl groups is 2.